The summed E-state index contributed by atoms with van der Waals surface area (Å²) >= 11 is 12.3. The average Bonchev–Trinajstić information content (AvgIpc) is 3.35. The number of aliphatic hydroxyl groups is 1. The lowest BCUT2D eigenvalue weighted by Crippen LogP contribution is -2.33. The van der Waals surface area contributed by atoms with Gasteiger partial charge in [-0.15, -0.1) is 0 Å². The highest BCUT2D eigenvalue weighted by Crippen LogP contribution is 2.32. The highest BCUT2D eigenvalue weighted by atomic mass is 35.5. The molecule has 1 aliphatic heterocycles. The largest absolute Gasteiger partial charge is 0.489 e. The molecule has 0 saturated carbocycles. The fourth-order valence-corrected chi connectivity index (χ4v) is 4.66. The smallest absolute Gasteiger partial charge is 0.146 e. The van der Waals surface area contributed by atoms with E-state index in [2.05, 4.69) is 16.0 Å². The van der Waals surface area contributed by atoms with Crippen LogP contribution in [0.15, 0.2) is 42.9 Å². The molecule has 1 atom stereocenters. The molecule has 1 aromatic carbocycles. The first-order chi connectivity index (χ1) is 17.1. The molecule has 2 aromatic heterocycles. The number of hydrogen-bond acceptors (Lipinski definition) is 8. The summed E-state index contributed by atoms with van der Waals surface area (Å²) in [4.78, 5) is 10.5. The Morgan fingerprint density at radius 1 is 1.28 bits per heavy atom. The van der Waals surface area contributed by atoms with Crippen molar-refractivity contribution in [2.75, 3.05) is 23.7 Å². The lowest BCUT2D eigenvalue weighted by Gasteiger charge is -2.26. The molecule has 3 heterocycles. The summed E-state index contributed by atoms with van der Waals surface area (Å²) in [6.45, 7) is 5.03. The van der Waals surface area contributed by atoms with Gasteiger partial charge < -0.3 is 20.5 Å². The number of nitriles is 1. The van der Waals surface area contributed by atoms with Crippen LogP contribution in [0.25, 0.3) is 0 Å². The number of benzene rings is 1. The molecular formula is C26H26Cl2N6O2. The molecule has 1 aliphatic rings. The van der Waals surface area contributed by atoms with E-state index in [-0.39, 0.29) is 18.2 Å². The number of nitrogens with zero attached hydrogens (tertiary/aromatic N) is 4. The first kappa shape index (κ1) is 25.7. The summed E-state index contributed by atoms with van der Waals surface area (Å²) in [5.41, 5.74) is 7.75. The van der Waals surface area contributed by atoms with Gasteiger partial charge in [0.1, 0.15) is 24.2 Å². The number of nitrogens with one attached hydrogen (secondary N) is 1. The number of pyridine rings is 2. The van der Waals surface area contributed by atoms with E-state index in [4.69, 9.17) is 39.1 Å². The van der Waals surface area contributed by atoms with Crippen molar-refractivity contribution in [2.24, 2.45) is 5.92 Å². The van der Waals surface area contributed by atoms with E-state index in [1.54, 1.807) is 44.3 Å². The van der Waals surface area contributed by atoms with Crippen LogP contribution >= 0.6 is 23.2 Å². The molecule has 4 N–H and O–H groups in total. The Balaban J connectivity index is 1.55. The van der Waals surface area contributed by atoms with Crippen molar-refractivity contribution in [2.45, 2.75) is 32.5 Å². The van der Waals surface area contributed by atoms with Gasteiger partial charge in [0.2, 0.25) is 0 Å². The quantitative estimate of drug-likeness (QED) is 0.297. The van der Waals surface area contributed by atoms with E-state index < -0.39 is 5.60 Å². The fraction of sp³-hybridized carbons (Fsp3) is 0.308. The van der Waals surface area contributed by atoms with E-state index in [0.29, 0.717) is 62.6 Å². The van der Waals surface area contributed by atoms with Gasteiger partial charge in [-0.3, -0.25) is 10.4 Å². The molecule has 0 spiro atoms. The molecule has 0 bridgehead atoms. The number of nitrogen functional groups attached to an aromatic ring is 1. The van der Waals surface area contributed by atoms with E-state index in [1.807, 2.05) is 4.90 Å². The van der Waals surface area contributed by atoms with Gasteiger partial charge in [-0.2, -0.15) is 5.26 Å². The van der Waals surface area contributed by atoms with Gasteiger partial charge >= 0.3 is 0 Å². The van der Waals surface area contributed by atoms with E-state index in [9.17, 15) is 10.4 Å². The molecule has 4 rings (SSSR count). The fourth-order valence-electron chi connectivity index (χ4n) is 4.19. The Hall–Kier alpha value is -3.38. The molecule has 186 valence electrons. The second-order valence-electron chi connectivity index (χ2n) is 9.29. The summed E-state index contributed by atoms with van der Waals surface area (Å²) in [7, 11) is 0. The molecule has 0 aliphatic carbocycles. The summed E-state index contributed by atoms with van der Waals surface area (Å²) < 4.78 is 5.86. The normalized spacial score (nSPS) is 15.6. The van der Waals surface area contributed by atoms with Gasteiger partial charge in [0, 0.05) is 60.0 Å². The highest BCUT2D eigenvalue weighted by Gasteiger charge is 2.34. The molecule has 0 amide bonds. The zero-order chi connectivity index (χ0) is 26.0. The molecule has 8 nitrogen and oxygen atoms in total. The molecule has 10 heteroatoms. The zero-order valence-corrected chi connectivity index (χ0v) is 21.4. The van der Waals surface area contributed by atoms with Crippen molar-refractivity contribution in [1.82, 2.24) is 9.97 Å². The number of ether oxygens (including phenoxy) is 1. The van der Waals surface area contributed by atoms with Crippen molar-refractivity contribution < 1.29 is 9.84 Å². The minimum atomic E-state index is -0.803. The minimum absolute atomic E-state index is 0.0864. The van der Waals surface area contributed by atoms with Gasteiger partial charge in [0.15, 0.2) is 0 Å². The van der Waals surface area contributed by atoms with Crippen molar-refractivity contribution in [3.63, 3.8) is 0 Å². The summed E-state index contributed by atoms with van der Waals surface area (Å²) in [5.74, 6) is 1.12. The van der Waals surface area contributed by atoms with E-state index in [0.717, 1.165) is 6.42 Å². The van der Waals surface area contributed by atoms with Gasteiger partial charge in [-0.1, -0.05) is 23.2 Å². The second-order valence-corrected chi connectivity index (χ2v) is 10.1. The molecular weight excluding hydrogens is 499 g/mol. The second kappa shape index (κ2) is 10.3. The lowest BCUT2D eigenvalue weighted by atomic mass is 9.90. The zero-order valence-electron chi connectivity index (χ0n) is 19.9. The van der Waals surface area contributed by atoms with Crippen LogP contribution in [0.2, 0.25) is 10.0 Å². The third-order valence-electron chi connectivity index (χ3n) is 6.39. The van der Waals surface area contributed by atoms with Crippen LogP contribution in [-0.4, -0.2) is 39.5 Å². The molecule has 36 heavy (non-hydrogen) atoms. The molecule has 3 aromatic rings. The molecule has 1 saturated heterocycles. The SMILES string of the molecule is CC(C)(O)C1CCN(c2ncc(C(=N)c3cc(OCc4c(Cl)cncc4Cl)ccc3N)cc2C#N)C1. The van der Waals surface area contributed by atoms with Crippen LogP contribution in [0.5, 0.6) is 5.75 Å². The summed E-state index contributed by atoms with van der Waals surface area (Å²) in [6.07, 6.45) is 5.37. The van der Waals surface area contributed by atoms with E-state index in [1.165, 1.54) is 12.4 Å². The minimum Gasteiger partial charge on any atom is -0.489 e. The maximum Gasteiger partial charge on any atom is 0.146 e. The van der Waals surface area contributed by atoms with E-state index >= 15 is 0 Å². The highest BCUT2D eigenvalue weighted by molar-refractivity contribution is 6.35. The van der Waals surface area contributed by atoms with Crippen LogP contribution in [0.4, 0.5) is 11.5 Å². The molecule has 1 unspecified atom stereocenters. The van der Waals surface area contributed by atoms with Crippen LogP contribution in [0.3, 0.4) is 0 Å². The Bertz CT molecular complexity index is 1330. The third kappa shape index (κ3) is 5.39. The average molecular weight is 525 g/mol. The van der Waals surface area contributed by atoms with Gasteiger partial charge in [0.25, 0.3) is 0 Å². The Labute approximate surface area is 219 Å². The maximum absolute atomic E-state index is 10.4. The molecule has 0 radical (unpaired) electrons. The van der Waals surface area contributed by atoms with Crippen molar-refractivity contribution in [3.8, 4) is 11.8 Å². The van der Waals surface area contributed by atoms with Gasteiger partial charge in [-0.05, 0) is 44.5 Å². The van der Waals surface area contributed by atoms with Crippen molar-refractivity contribution in [3.05, 3.63) is 75.2 Å². The van der Waals surface area contributed by atoms with Crippen molar-refractivity contribution >= 4 is 40.4 Å². The number of aromatic nitrogens is 2. The van der Waals surface area contributed by atoms with Crippen LogP contribution in [0.1, 0.15) is 42.5 Å². The lowest BCUT2D eigenvalue weighted by molar-refractivity contribution is 0.0263. The number of rotatable bonds is 7. The van der Waals surface area contributed by atoms with Crippen LogP contribution < -0.4 is 15.4 Å². The number of nitrogens with two attached hydrogens (primary N) is 1. The number of halogens is 2. The Kier molecular flexibility index (Phi) is 7.36. The first-order valence-corrected chi connectivity index (χ1v) is 12.1. The standard InChI is InChI=1S/C26H26Cl2N6O2/c1-26(2,35)17-5-6-34(13-17)25-15(9-29)7-16(10-33-25)24(31)19-8-18(3-4-23(19)30)36-14-20-21(27)11-32-12-22(20)28/h3-4,7-8,10-12,17,31,35H,5-6,13-14,30H2,1-2H3. The monoisotopic (exact) mass is 524 g/mol. The van der Waals surface area contributed by atoms with Gasteiger partial charge in [-0.25, -0.2) is 4.98 Å². The first-order valence-electron chi connectivity index (χ1n) is 11.4. The Morgan fingerprint density at radius 3 is 2.64 bits per heavy atom. The number of hydrogen-bond donors (Lipinski definition) is 3. The predicted octanol–water partition coefficient (Wildman–Crippen LogP) is 4.83. The van der Waals surface area contributed by atoms with Crippen LogP contribution in [0, 0.1) is 22.7 Å². The topological polar surface area (TPSA) is 132 Å². The summed E-state index contributed by atoms with van der Waals surface area (Å²) in [6, 6.07) is 8.86. The van der Waals surface area contributed by atoms with Crippen LogP contribution in [-0.2, 0) is 6.61 Å². The summed E-state index contributed by atoms with van der Waals surface area (Å²) in [5, 5.41) is 29.7. The number of anilines is 2. The molecule has 1 fully saturated rings. The Morgan fingerprint density at radius 2 is 2.00 bits per heavy atom. The van der Waals surface area contributed by atoms with Gasteiger partial charge in [0.05, 0.1) is 26.9 Å². The maximum atomic E-state index is 10.4. The van der Waals surface area contributed by atoms with Crippen molar-refractivity contribution in [1.29, 1.82) is 10.7 Å². The third-order valence-corrected chi connectivity index (χ3v) is 7.04. The predicted molar refractivity (Wildman–Crippen MR) is 141 cm³/mol.